The van der Waals surface area contributed by atoms with Crippen molar-refractivity contribution in [2.45, 2.75) is 26.3 Å². The van der Waals surface area contributed by atoms with E-state index in [1.165, 1.54) is 4.57 Å². The zero-order valence-corrected chi connectivity index (χ0v) is 10.9. The van der Waals surface area contributed by atoms with Crippen molar-refractivity contribution in [3.63, 3.8) is 0 Å². The van der Waals surface area contributed by atoms with Gasteiger partial charge in [-0.15, -0.1) is 0 Å². The van der Waals surface area contributed by atoms with Gasteiger partial charge in [-0.2, -0.15) is 0 Å². The Labute approximate surface area is 104 Å². The third-order valence-corrected chi connectivity index (χ3v) is 2.54. The summed E-state index contributed by atoms with van der Waals surface area (Å²) in [6.45, 7) is 5.74. The van der Waals surface area contributed by atoms with Crippen LogP contribution in [0.2, 0.25) is 0 Å². The molecule has 1 amide bonds. The lowest BCUT2D eigenvalue weighted by molar-refractivity contribution is 0.0919. The van der Waals surface area contributed by atoms with E-state index in [9.17, 15) is 9.59 Å². The van der Waals surface area contributed by atoms with Gasteiger partial charge in [0.25, 0.3) is 5.91 Å². The number of aromatic nitrogens is 1. The standard InChI is InChI=1S/C13H16N2O3/c1-13(2,3)14-11(16)8-5-6-10-9(7-8)15(4)12(17)18-10/h5-7H,1-4H3,(H,14,16). The third-order valence-electron chi connectivity index (χ3n) is 2.54. The molecule has 0 spiro atoms. The summed E-state index contributed by atoms with van der Waals surface area (Å²) in [4.78, 5) is 23.3. The Balaban J connectivity index is 2.44. The summed E-state index contributed by atoms with van der Waals surface area (Å²) in [5.74, 6) is -0.601. The van der Waals surface area contributed by atoms with Gasteiger partial charge in [-0.1, -0.05) is 0 Å². The molecule has 0 radical (unpaired) electrons. The van der Waals surface area contributed by atoms with E-state index in [4.69, 9.17) is 4.42 Å². The predicted molar refractivity (Wildman–Crippen MR) is 68.7 cm³/mol. The van der Waals surface area contributed by atoms with Crippen LogP contribution in [0.15, 0.2) is 27.4 Å². The maximum Gasteiger partial charge on any atom is 0.419 e. The molecule has 0 saturated heterocycles. The SMILES string of the molecule is Cn1c(=O)oc2ccc(C(=O)NC(C)(C)C)cc21. The molecule has 5 heteroatoms. The monoisotopic (exact) mass is 248 g/mol. The lowest BCUT2D eigenvalue weighted by atomic mass is 10.1. The first-order chi connectivity index (χ1) is 8.28. The van der Waals surface area contributed by atoms with E-state index >= 15 is 0 Å². The minimum Gasteiger partial charge on any atom is -0.408 e. The van der Waals surface area contributed by atoms with Crippen molar-refractivity contribution in [1.29, 1.82) is 0 Å². The zero-order chi connectivity index (χ0) is 13.5. The molecule has 0 unspecified atom stereocenters. The van der Waals surface area contributed by atoms with Gasteiger partial charge in [0, 0.05) is 18.2 Å². The van der Waals surface area contributed by atoms with Gasteiger partial charge >= 0.3 is 5.76 Å². The van der Waals surface area contributed by atoms with Crippen molar-refractivity contribution in [3.8, 4) is 0 Å². The number of nitrogens with zero attached hydrogens (tertiary/aromatic N) is 1. The predicted octanol–water partition coefficient (Wildman–Crippen LogP) is 1.66. The molecule has 5 nitrogen and oxygen atoms in total. The number of benzene rings is 1. The fourth-order valence-corrected chi connectivity index (χ4v) is 1.68. The van der Waals surface area contributed by atoms with Crippen LogP contribution in [0, 0.1) is 0 Å². The highest BCUT2D eigenvalue weighted by Crippen LogP contribution is 2.15. The third kappa shape index (κ3) is 2.30. The quantitative estimate of drug-likeness (QED) is 0.834. The Morgan fingerprint density at radius 1 is 1.33 bits per heavy atom. The summed E-state index contributed by atoms with van der Waals surface area (Å²) < 4.78 is 6.39. The number of nitrogens with one attached hydrogen (secondary N) is 1. The van der Waals surface area contributed by atoms with Crippen molar-refractivity contribution in [2.24, 2.45) is 7.05 Å². The summed E-state index contributed by atoms with van der Waals surface area (Å²) in [7, 11) is 1.61. The molecule has 0 aliphatic rings. The van der Waals surface area contributed by atoms with Gasteiger partial charge in [0.1, 0.15) is 0 Å². The van der Waals surface area contributed by atoms with Crippen LogP contribution in [0.1, 0.15) is 31.1 Å². The molecule has 2 rings (SSSR count). The van der Waals surface area contributed by atoms with Crippen LogP contribution in [0.25, 0.3) is 11.1 Å². The minimum absolute atomic E-state index is 0.168. The van der Waals surface area contributed by atoms with Gasteiger partial charge in [0.05, 0.1) is 5.52 Å². The Morgan fingerprint density at radius 3 is 2.61 bits per heavy atom. The van der Waals surface area contributed by atoms with Gasteiger partial charge in [-0.3, -0.25) is 9.36 Å². The second kappa shape index (κ2) is 4.01. The van der Waals surface area contributed by atoms with E-state index in [1.807, 2.05) is 20.8 Å². The average Bonchev–Trinajstić information content (AvgIpc) is 2.52. The maximum absolute atomic E-state index is 12.0. The lowest BCUT2D eigenvalue weighted by Crippen LogP contribution is -2.40. The number of oxazole rings is 1. The molecule has 1 aromatic carbocycles. The Bertz CT molecular complexity index is 659. The fourth-order valence-electron chi connectivity index (χ4n) is 1.68. The molecule has 0 bridgehead atoms. The first kappa shape index (κ1) is 12.4. The summed E-state index contributed by atoms with van der Waals surface area (Å²) in [5.41, 5.74) is 1.30. The summed E-state index contributed by atoms with van der Waals surface area (Å²) in [6.07, 6.45) is 0. The minimum atomic E-state index is -0.432. The van der Waals surface area contributed by atoms with Crippen molar-refractivity contribution >= 4 is 17.0 Å². The van der Waals surface area contributed by atoms with E-state index in [0.29, 0.717) is 16.7 Å². The number of hydrogen-bond donors (Lipinski definition) is 1. The molecule has 96 valence electrons. The van der Waals surface area contributed by atoms with Crippen molar-refractivity contribution < 1.29 is 9.21 Å². The fraction of sp³-hybridized carbons (Fsp3) is 0.385. The summed E-state index contributed by atoms with van der Waals surface area (Å²) in [5, 5.41) is 2.87. The van der Waals surface area contributed by atoms with Crippen molar-refractivity contribution in [3.05, 3.63) is 34.3 Å². The molecule has 0 fully saturated rings. The van der Waals surface area contributed by atoms with Crippen LogP contribution in [0.3, 0.4) is 0 Å². The maximum atomic E-state index is 12.0. The van der Waals surface area contributed by atoms with Gasteiger partial charge in [-0.25, -0.2) is 4.79 Å². The van der Waals surface area contributed by atoms with Crippen LogP contribution in [-0.4, -0.2) is 16.0 Å². The molecular formula is C13H16N2O3. The van der Waals surface area contributed by atoms with Crippen LogP contribution >= 0.6 is 0 Å². The number of amides is 1. The number of carbonyl (C=O) groups is 1. The molecule has 0 saturated carbocycles. The summed E-state index contributed by atoms with van der Waals surface area (Å²) in [6, 6.07) is 4.93. The van der Waals surface area contributed by atoms with Crippen LogP contribution in [0.4, 0.5) is 0 Å². The van der Waals surface area contributed by atoms with Crippen molar-refractivity contribution in [2.75, 3.05) is 0 Å². The van der Waals surface area contributed by atoms with Crippen LogP contribution < -0.4 is 11.1 Å². The van der Waals surface area contributed by atoms with Gasteiger partial charge in [0.15, 0.2) is 5.58 Å². The Kier molecular flexibility index (Phi) is 2.77. The highest BCUT2D eigenvalue weighted by atomic mass is 16.4. The summed E-state index contributed by atoms with van der Waals surface area (Å²) >= 11 is 0. The molecule has 0 aliphatic heterocycles. The Morgan fingerprint density at radius 2 is 2.00 bits per heavy atom. The number of fused-ring (bicyclic) bond motifs is 1. The van der Waals surface area contributed by atoms with Crippen LogP contribution in [-0.2, 0) is 7.05 Å². The topological polar surface area (TPSA) is 64.2 Å². The normalized spacial score (nSPS) is 11.8. The van der Waals surface area contributed by atoms with E-state index in [2.05, 4.69) is 5.32 Å². The van der Waals surface area contributed by atoms with Gasteiger partial charge < -0.3 is 9.73 Å². The van der Waals surface area contributed by atoms with E-state index in [-0.39, 0.29) is 11.4 Å². The number of rotatable bonds is 1. The highest BCUT2D eigenvalue weighted by molar-refractivity contribution is 5.97. The molecule has 1 N–H and O–H groups in total. The molecule has 1 aromatic heterocycles. The van der Waals surface area contributed by atoms with Gasteiger partial charge in [-0.05, 0) is 39.0 Å². The molecule has 0 atom stereocenters. The number of hydrogen-bond acceptors (Lipinski definition) is 3. The molecule has 2 aromatic rings. The number of aryl methyl sites for hydroxylation is 1. The largest absolute Gasteiger partial charge is 0.419 e. The average molecular weight is 248 g/mol. The lowest BCUT2D eigenvalue weighted by Gasteiger charge is -2.20. The molecule has 0 aliphatic carbocycles. The van der Waals surface area contributed by atoms with Crippen molar-refractivity contribution in [1.82, 2.24) is 9.88 Å². The molecular weight excluding hydrogens is 232 g/mol. The van der Waals surface area contributed by atoms with Gasteiger partial charge in [0.2, 0.25) is 0 Å². The first-order valence-electron chi connectivity index (χ1n) is 5.70. The van der Waals surface area contributed by atoms with E-state index < -0.39 is 5.76 Å². The van der Waals surface area contributed by atoms with Crippen LogP contribution in [0.5, 0.6) is 0 Å². The van der Waals surface area contributed by atoms with E-state index in [0.717, 1.165) is 0 Å². The Hall–Kier alpha value is -2.04. The highest BCUT2D eigenvalue weighted by Gasteiger charge is 2.16. The first-order valence-corrected chi connectivity index (χ1v) is 5.70. The molecule has 1 heterocycles. The number of carbonyl (C=O) groups excluding carboxylic acids is 1. The second-order valence-electron chi connectivity index (χ2n) is 5.31. The second-order valence-corrected chi connectivity index (χ2v) is 5.31. The van der Waals surface area contributed by atoms with E-state index in [1.54, 1.807) is 25.2 Å². The molecule has 18 heavy (non-hydrogen) atoms. The zero-order valence-electron chi connectivity index (χ0n) is 10.9. The smallest absolute Gasteiger partial charge is 0.408 e.